The number of fused-ring (bicyclic) bond motifs is 2. The topological polar surface area (TPSA) is 12.0 Å². The summed E-state index contributed by atoms with van der Waals surface area (Å²) in [6.45, 7) is 0. The molecule has 1 nitrogen and oxygen atoms in total. The van der Waals surface area contributed by atoms with Crippen LogP contribution in [0.5, 0.6) is 0 Å². The van der Waals surface area contributed by atoms with Crippen LogP contribution in [0.3, 0.4) is 0 Å². The zero-order valence-corrected chi connectivity index (χ0v) is 11.8. The van der Waals surface area contributed by atoms with Crippen LogP contribution < -0.4 is 5.32 Å². The molecule has 2 bridgehead atoms. The third-order valence-electron chi connectivity index (χ3n) is 5.30. The van der Waals surface area contributed by atoms with E-state index in [1.54, 1.807) is 0 Å². The average Bonchev–Trinajstić information content (AvgIpc) is 2.93. The van der Waals surface area contributed by atoms with Crippen molar-refractivity contribution in [3.05, 3.63) is 71.8 Å². The Morgan fingerprint density at radius 1 is 0.750 bits per heavy atom. The second-order valence-corrected chi connectivity index (χ2v) is 6.24. The lowest BCUT2D eigenvalue weighted by molar-refractivity contribution is 0.279. The maximum Gasteiger partial charge on any atom is 0.0356 e. The summed E-state index contributed by atoms with van der Waals surface area (Å²) in [4.78, 5) is 0. The molecule has 2 aliphatic rings. The number of benzene rings is 2. The Balaban J connectivity index is 1.89. The van der Waals surface area contributed by atoms with Crippen molar-refractivity contribution in [1.29, 1.82) is 0 Å². The molecular weight excluding hydrogens is 242 g/mol. The fraction of sp³-hybridized carbons (Fsp3) is 0.368. The quantitative estimate of drug-likeness (QED) is 0.867. The van der Waals surface area contributed by atoms with Gasteiger partial charge in [0.1, 0.15) is 0 Å². The molecule has 0 amide bonds. The van der Waals surface area contributed by atoms with Gasteiger partial charge in [-0.15, -0.1) is 0 Å². The predicted molar refractivity (Wildman–Crippen MR) is 82.8 cm³/mol. The highest BCUT2D eigenvalue weighted by molar-refractivity contribution is 5.43. The summed E-state index contributed by atoms with van der Waals surface area (Å²) in [7, 11) is 0. The molecule has 102 valence electrons. The average molecular weight is 263 g/mol. The minimum Gasteiger partial charge on any atom is -0.310 e. The monoisotopic (exact) mass is 263 g/mol. The summed E-state index contributed by atoms with van der Waals surface area (Å²) < 4.78 is 0. The van der Waals surface area contributed by atoms with Gasteiger partial charge in [0.2, 0.25) is 0 Å². The number of piperidine rings is 1. The maximum atomic E-state index is 3.88. The fourth-order valence-electron chi connectivity index (χ4n) is 4.34. The highest BCUT2D eigenvalue weighted by Gasteiger charge is 2.48. The number of rotatable bonds is 2. The van der Waals surface area contributed by atoms with Crippen LogP contribution in [0.2, 0.25) is 0 Å². The van der Waals surface area contributed by atoms with E-state index in [0.29, 0.717) is 6.04 Å². The van der Waals surface area contributed by atoms with E-state index >= 15 is 0 Å². The van der Waals surface area contributed by atoms with Gasteiger partial charge in [0.05, 0.1) is 0 Å². The van der Waals surface area contributed by atoms with Gasteiger partial charge in [-0.25, -0.2) is 0 Å². The first-order valence-electron chi connectivity index (χ1n) is 7.77. The minimum absolute atomic E-state index is 0.162. The van der Waals surface area contributed by atoms with Gasteiger partial charge in [0, 0.05) is 17.5 Å². The van der Waals surface area contributed by atoms with Gasteiger partial charge >= 0.3 is 0 Å². The van der Waals surface area contributed by atoms with Gasteiger partial charge in [-0.05, 0) is 36.8 Å². The van der Waals surface area contributed by atoms with Crippen LogP contribution in [0.1, 0.15) is 36.8 Å². The Bertz CT molecular complexity index is 536. The second kappa shape index (κ2) is 4.75. The first-order chi connectivity index (χ1) is 9.89. The SMILES string of the molecule is c1ccc(C2(c3ccccc3)CCC3CCC2N3)cc1. The van der Waals surface area contributed by atoms with Crippen molar-refractivity contribution in [3.8, 4) is 0 Å². The molecule has 2 aromatic rings. The van der Waals surface area contributed by atoms with E-state index in [2.05, 4.69) is 66.0 Å². The van der Waals surface area contributed by atoms with Crippen LogP contribution in [0.15, 0.2) is 60.7 Å². The molecular formula is C19H21N. The fourth-order valence-corrected chi connectivity index (χ4v) is 4.34. The Kier molecular flexibility index (Phi) is 2.89. The van der Waals surface area contributed by atoms with E-state index in [1.807, 2.05) is 0 Å². The van der Waals surface area contributed by atoms with Gasteiger partial charge in [0.15, 0.2) is 0 Å². The van der Waals surface area contributed by atoms with E-state index in [1.165, 1.54) is 36.8 Å². The van der Waals surface area contributed by atoms with Crippen LogP contribution in [0.25, 0.3) is 0 Å². The molecule has 2 aromatic carbocycles. The Morgan fingerprint density at radius 2 is 1.35 bits per heavy atom. The molecule has 1 N–H and O–H groups in total. The molecule has 0 spiro atoms. The van der Waals surface area contributed by atoms with Gasteiger partial charge in [0.25, 0.3) is 0 Å². The summed E-state index contributed by atoms with van der Waals surface area (Å²) in [5, 5.41) is 3.88. The summed E-state index contributed by atoms with van der Waals surface area (Å²) in [5.74, 6) is 0. The molecule has 2 aliphatic heterocycles. The lowest BCUT2D eigenvalue weighted by atomic mass is 9.65. The van der Waals surface area contributed by atoms with E-state index in [4.69, 9.17) is 0 Å². The predicted octanol–water partition coefficient (Wildman–Crippen LogP) is 3.89. The van der Waals surface area contributed by atoms with Crippen LogP contribution in [0, 0.1) is 0 Å². The summed E-state index contributed by atoms with van der Waals surface area (Å²) >= 11 is 0. The standard InChI is InChI=1S/C19H21N/c1-3-7-15(8-4-1)19(16-9-5-2-6-10-16)14-13-17-11-12-18(19)20-17/h1-10,17-18,20H,11-14H2. The number of hydrogen-bond acceptors (Lipinski definition) is 1. The molecule has 20 heavy (non-hydrogen) atoms. The van der Waals surface area contributed by atoms with Crippen LogP contribution >= 0.6 is 0 Å². The van der Waals surface area contributed by atoms with Crippen LogP contribution in [0.4, 0.5) is 0 Å². The van der Waals surface area contributed by atoms with Crippen molar-refractivity contribution in [2.24, 2.45) is 0 Å². The summed E-state index contributed by atoms with van der Waals surface area (Å²) in [5.41, 5.74) is 3.11. The number of nitrogens with one attached hydrogen (secondary N) is 1. The van der Waals surface area contributed by atoms with Gasteiger partial charge in [-0.2, -0.15) is 0 Å². The molecule has 2 fully saturated rings. The van der Waals surface area contributed by atoms with E-state index in [9.17, 15) is 0 Å². The van der Waals surface area contributed by atoms with Crippen molar-refractivity contribution < 1.29 is 0 Å². The molecule has 2 atom stereocenters. The minimum atomic E-state index is 0.162. The van der Waals surface area contributed by atoms with Crippen LogP contribution in [-0.2, 0) is 5.41 Å². The first kappa shape index (κ1) is 12.2. The highest BCUT2D eigenvalue weighted by atomic mass is 15.0. The zero-order valence-electron chi connectivity index (χ0n) is 11.8. The van der Waals surface area contributed by atoms with Gasteiger partial charge in [-0.3, -0.25) is 0 Å². The van der Waals surface area contributed by atoms with Crippen molar-refractivity contribution in [2.45, 2.75) is 43.2 Å². The summed E-state index contributed by atoms with van der Waals surface area (Å²) in [6, 6.07) is 23.6. The second-order valence-electron chi connectivity index (χ2n) is 6.24. The Labute approximate surface area is 121 Å². The lowest BCUT2D eigenvalue weighted by Gasteiger charge is -2.44. The number of hydrogen-bond donors (Lipinski definition) is 1. The van der Waals surface area contributed by atoms with E-state index in [0.717, 1.165) is 6.04 Å². The third kappa shape index (κ3) is 1.73. The molecule has 2 unspecified atom stereocenters. The highest BCUT2D eigenvalue weighted by Crippen LogP contribution is 2.47. The van der Waals surface area contributed by atoms with Gasteiger partial charge in [-0.1, -0.05) is 60.7 Å². The lowest BCUT2D eigenvalue weighted by Crippen LogP contribution is -2.52. The normalized spacial score (nSPS) is 27.4. The molecule has 4 rings (SSSR count). The van der Waals surface area contributed by atoms with Crippen molar-refractivity contribution >= 4 is 0 Å². The van der Waals surface area contributed by atoms with Crippen molar-refractivity contribution in [2.75, 3.05) is 0 Å². The molecule has 0 saturated carbocycles. The van der Waals surface area contributed by atoms with E-state index in [-0.39, 0.29) is 5.41 Å². The summed E-state index contributed by atoms with van der Waals surface area (Å²) in [6.07, 6.45) is 5.20. The Morgan fingerprint density at radius 3 is 1.95 bits per heavy atom. The van der Waals surface area contributed by atoms with Gasteiger partial charge < -0.3 is 5.32 Å². The largest absolute Gasteiger partial charge is 0.310 e. The molecule has 0 aliphatic carbocycles. The van der Waals surface area contributed by atoms with Crippen molar-refractivity contribution in [3.63, 3.8) is 0 Å². The third-order valence-corrected chi connectivity index (χ3v) is 5.30. The molecule has 2 heterocycles. The molecule has 1 heteroatoms. The maximum absolute atomic E-state index is 3.88. The molecule has 0 radical (unpaired) electrons. The smallest absolute Gasteiger partial charge is 0.0356 e. The van der Waals surface area contributed by atoms with E-state index < -0.39 is 0 Å². The van der Waals surface area contributed by atoms with Crippen LogP contribution in [-0.4, -0.2) is 12.1 Å². The molecule has 0 aromatic heterocycles. The molecule has 2 saturated heterocycles. The first-order valence-corrected chi connectivity index (χ1v) is 7.77. The Hall–Kier alpha value is -1.60. The van der Waals surface area contributed by atoms with Crippen molar-refractivity contribution in [1.82, 2.24) is 5.32 Å². The zero-order chi connectivity index (χ0) is 13.4.